The van der Waals surface area contributed by atoms with Gasteiger partial charge in [0.05, 0.1) is 18.8 Å². The van der Waals surface area contributed by atoms with E-state index in [4.69, 9.17) is 9.47 Å². The fraction of sp³-hybridized carbons (Fsp3) is 0.650. The highest BCUT2D eigenvalue weighted by Crippen LogP contribution is 2.18. The summed E-state index contributed by atoms with van der Waals surface area (Å²) in [5, 5.41) is 3.27. The average molecular weight is 491 g/mol. The van der Waals surface area contributed by atoms with Crippen molar-refractivity contribution in [3.63, 3.8) is 0 Å². The summed E-state index contributed by atoms with van der Waals surface area (Å²) in [6, 6.07) is 6.83. The van der Waals surface area contributed by atoms with E-state index in [9.17, 15) is 4.39 Å². The van der Waals surface area contributed by atoms with Gasteiger partial charge in [-0.2, -0.15) is 0 Å². The first-order valence-corrected chi connectivity index (χ1v) is 9.68. The summed E-state index contributed by atoms with van der Waals surface area (Å²) >= 11 is 0. The normalized spacial score (nSPS) is 21.6. The number of guanidine groups is 1. The standard InChI is InChI=1S/C20H30FN3O2.HI/c1-22-20(23-14-16-6-2-3-8-19(16)21)24-11-9-17(10-12-24)26-15-18-7-4-5-13-25-18;/h2-3,6,8,17-18H,4-5,7,9-15H2,1H3,(H,22,23);1H. The molecule has 0 aliphatic carbocycles. The summed E-state index contributed by atoms with van der Waals surface area (Å²) in [7, 11) is 1.77. The summed E-state index contributed by atoms with van der Waals surface area (Å²) in [6.07, 6.45) is 6.06. The Bertz CT molecular complexity index is 588. The number of benzene rings is 1. The molecule has 0 amide bonds. The van der Waals surface area contributed by atoms with Gasteiger partial charge in [-0.05, 0) is 38.2 Å². The third-order valence-corrected chi connectivity index (χ3v) is 5.14. The maximum atomic E-state index is 13.8. The van der Waals surface area contributed by atoms with Gasteiger partial charge in [0.15, 0.2) is 5.96 Å². The van der Waals surface area contributed by atoms with Gasteiger partial charge in [-0.15, -0.1) is 24.0 Å². The molecule has 0 bridgehead atoms. The number of nitrogens with one attached hydrogen (secondary N) is 1. The van der Waals surface area contributed by atoms with Crippen LogP contribution in [0.5, 0.6) is 0 Å². The van der Waals surface area contributed by atoms with Crippen molar-refractivity contribution >= 4 is 29.9 Å². The Morgan fingerprint density at radius 3 is 2.70 bits per heavy atom. The largest absolute Gasteiger partial charge is 0.376 e. The van der Waals surface area contributed by atoms with Gasteiger partial charge in [-0.1, -0.05) is 18.2 Å². The Labute approximate surface area is 178 Å². The molecule has 152 valence electrons. The number of rotatable bonds is 5. The van der Waals surface area contributed by atoms with Gasteiger partial charge in [0.2, 0.25) is 0 Å². The minimum Gasteiger partial charge on any atom is -0.376 e. The van der Waals surface area contributed by atoms with Crippen LogP contribution in [0.4, 0.5) is 4.39 Å². The van der Waals surface area contributed by atoms with Crippen molar-refractivity contribution < 1.29 is 13.9 Å². The average Bonchev–Trinajstić information content (AvgIpc) is 2.70. The van der Waals surface area contributed by atoms with Crippen LogP contribution >= 0.6 is 24.0 Å². The Hall–Kier alpha value is -0.930. The van der Waals surface area contributed by atoms with Crippen LogP contribution in [0, 0.1) is 5.82 Å². The van der Waals surface area contributed by atoms with E-state index in [0.29, 0.717) is 24.8 Å². The molecule has 2 fully saturated rings. The van der Waals surface area contributed by atoms with Crippen molar-refractivity contribution in [2.45, 2.75) is 50.9 Å². The molecule has 7 heteroatoms. The van der Waals surface area contributed by atoms with E-state index >= 15 is 0 Å². The van der Waals surface area contributed by atoms with E-state index in [2.05, 4.69) is 15.2 Å². The number of ether oxygens (including phenoxy) is 2. The number of likely N-dealkylation sites (tertiary alicyclic amines) is 1. The second-order valence-corrected chi connectivity index (χ2v) is 7.00. The quantitative estimate of drug-likeness (QED) is 0.389. The van der Waals surface area contributed by atoms with Crippen LogP contribution in [0.25, 0.3) is 0 Å². The van der Waals surface area contributed by atoms with E-state index < -0.39 is 0 Å². The molecule has 1 N–H and O–H groups in total. The maximum Gasteiger partial charge on any atom is 0.193 e. The highest BCUT2D eigenvalue weighted by molar-refractivity contribution is 14.0. The van der Waals surface area contributed by atoms with E-state index in [-0.39, 0.29) is 35.9 Å². The van der Waals surface area contributed by atoms with Gasteiger partial charge < -0.3 is 19.7 Å². The van der Waals surface area contributed by atoms with Gasteiger partial charge in [-0.3, -0.25) is 4.99 Å². The third kappa shape index (κ3) is 6.87. The van der Waals surface area contributed by atoms with Gasteiger partial charge in [0, 0.05) is 38.9 Å². The van der Waals surface area contributed by atoms with Crippen molar-refractivity contribution in [1.29, 1.82) is 0 Å². The Morgan fingerprint density at radius 2 is 2.04 bits per heavy atom. The Morgan fingerprint density at radius 1 is 1.26 bits per heavy atom. The fourth-order valence-electron chi connectivity index (χ4n) is 3.56. The van der Waals surface area contributed by atoms with Gasteiger partial charge in [-0.25, -0.2) is 4.39 Å². The molecule has 0 aromatic heterocycles. The van der Waals surface area contributed by atoms with Crippen molar-refractivity contribution in [1.82, 2.24) is 10.2 Å². The lowest BCUT2D eigenvalue weighted by atomic mass is 10.1. The van der Waals surface area contributed by atoms with Gasteiger partial charge in [0.25, 0.3) is 0 Å². The summed E-state index contributed by atoms with van der Waals surface area (Å²) in [6.45, 7) is 3.82. The van der Waals surface area contributed by atoms with E-state index in [1.807, 2.05) is 6.07 Å². The van der Waals surface area contributed by atoms with Gasteiger partial charge in [0.1, 0.15) is 5.82 Å². The molecule has 1 unspecified atom stereocenters. The van der Waals surface area contributed by atoms with Crippen LogP contribution in [0.3, 0.4) is 0 Å². The second kappa shape index (κ2) is 11.8. The van der Waals surface area contributed by atoms with Crippen molar-refractivity contribution in [2.75, 3.05) is 33.4 Å². The zero-order valence-electron chi connectivity index (χ0n) is 16.0. The smallest absolute Gasteiger partial charge is 0.193 e. The molecule has 0 spiro atoms. The van der Waals surface area contributed by atoms with Crippen LogP contribution in [0.2, 0.25) is 0 Å². The SMILES string of the molecule is CN=C(NCc1ccccc1F)N1CCC(OCC2CCCCO2)CC1.I. The first-order valence-electron chi connectivity index (χ1n) is 9.68. The zero-order chi connectivity index (χ0) is 18.2. The lowest BCUT2D eigenvalue weighted by molar-refractivity contribution is -0.0721. The number of piperidine rings is 1. The van der Waals surface area contributed by atoms with Crippen molar-refractivity contribution in [3.8, 4) is 0 Å². The van der Waals surface area contributed by atoms with Crippen LogP contribution in [-0.2, 0) is 16.0 Å². The van der Waals surface area contributed by atoms with E-state index in [1.165, 1.54) is 18.9 Å². The van der Waals surface area contributed by atoms with Crippen molar-refractivity contribution in [2.24, 2.45) is 4.99 Å². The number of nitrogens with zero attached hydrogens (tertiary/aromatic N) is 2. The number of hydrogen-bond acceptors (Lipinski definition) is 3. The molecule has 2 aliphatic heterocycles. The first kappa shape index (κ1) is 22.4. The summed E-state index contributed by atoms with van der Waals surface area (Å²) in [5.41, 5.74) is 0.652. The highest BCUT2D eigenvalue weighted by Gasteiger charge is 2.23. The maximum absolute atomic E-state index is 13.8. The molecule has 0 saturated carbocycles. The third-order valence-electron chi connectivity index (χ3n) is 5.14. The predicted octanol–water partition coefficient (Wildman–Crippen LogP) is 3.57. The number of halogens is 2. The second-order valence-electron chi connectivity index (χ2n) is 7.00. The molecule has 1 aromatic rings. The molecular weight excluding hydrogens is 460 g/mol. The monoisotopic (exact) mass is 491 g/mol. The first-order chi connectivity index (χ1) is 12.8. The molecule has 2 aliphatic rings. The molecule has 5 nitrogen and oxygen atoms in total. The predicted molar refractivity (Wildman–Crippen MR) is 116 cm³/mol. The van der Waals surface area contributed by atoms with Crippen LogP contribution in [0.1, 0.15) is 37.7 Å². The van der Waals surface area contributed by atoms with Crippen molar-refractivity contribution in [3.05, 3.63) is 35.6 Å². The Kier molecular flexibility index (Phi) is 9.78. The molecule has 0 radical (unpaired) electrons. The minimum absolute atomic E-state index is 0. The number of hydrogen-bond donors (Lipinski definition) is 1. The molecule has 2 saturated heterocycles. The van der Waals surface area contributed by atoms with Crippen LogP contribution in [-0.4, -0.2) is 56.4 Å². The van der Waals surface area contributed by atoms with Gasteiger partial charge >= 0.3 is 0 Å². The van der Waals surface area contributed by atoms with Crippen LogP contribution in [0.15, 0.2) is 29.3 Å². The summed E-state index contributed by atoms with van der Waals surface area (Å²) < 4.78 is 25.6. The molecule has 3 rings (SSSR count). The minimum atomic E-state index is -0.188. The lowest BCUT2D eigenvalue weighted by Crippen LogP contribution is -2.47. The lowest BCUT2D eigenvalue weighted by Gasteiger charge is -2.35. The molecule has 1 atom stereocenters. The molecular formula is C20H31FIN3O2. The molecule has 27 heavy (non-hydrogen) atoms. The molecule has 2 heterocycles. The number of aliphatic imine (C=N–C) groups is 1. The highest BCUT2D eigenvalue weighted by atomic mass is 127. The van der Waals surface area contributed by atoms with E-state index in [0.717, 1.165) is 44.9 Å². The zero-order valence-corrected chi connectivity index (χ0v) is 18.4. The topological polar surface area (TPSA) is 46.1 Å². The van der Waals surface area contributed by atoms with E-state index in [1.54, 1.807) is 19.2 Å². The summed E-state index contributed by atoms with van der Waals surface area (Å²) in [5.74, 6) is 0.634. The van der Waals surface area contributed by atoms with Crippen LogP contribution < -0.4 is 5.32 Å². The summed E-state index contributed by atoms with van der Waals surface area (Å²) in [4.78, 5) is 6.57. The fourth-order valence-corrected chi connectivity index (χ4v) is 3.56. The Balaban J connectivity index is 0.00000261. The molecule has 1 aromatic carbocycles.